The van der Waals surface area contributed by atoms with E-state index < -0.39 is 11.9 Å². The Labute approximate surface area is 113 Å². The maximum atomic E-state index is 11.1. The van der Waals surface area contributed by atoms with E-state index in [0.717, 1.165) is 0 Å². The van der Waals surface area contributed by atoms with E-state index in [9.17, 15) is 14.7 Å². The molecule has 0 saturated carbocycles. The summed E-state index contributed by atoms with van der Waals surface area (Å²) < 4.78 is 0.650. The number of amides is 1. The average Bonchev–Trinajstić information content (AvgIpc) is 2.27. The lowest BCUT2D eigenvalue weighted by atomic mass is 9.99. The number of carbonyl (C=O) groups excluding carboxylic acids is 1. The van der Waals surface area contributed by atoms with Gasteiger partial charge in [-0.1, -0.05) is 22.9 Å². The number of nitrogens with one attached hydrogen (secondary N) is 1. The molecule has 0 bridgehead atoms. The molecule has 0 saturated heterocycles. The molecule has 5 nitrogen and oxygen atoms in total. The molecular formula is C12H14BrNO4. The van der Waals surface area contributed by atoms with Gasteiger partial charge in [-0.2, -0.15) is 0 Å². The van der Waals surface area contributed by atoms with Crippen LogP contribution in [0.15, 0.2) is 16.6 Å². The highest BCUT2D eigenvalue weighted by Gasteiger charge is 2.19. The predicted molar refractivity (Wildman–Crippen MR) is 70.6 cm³/mol. The first-order chi connectivity index (χ1) is 8.32. The summed E-state index contributed by atoms with van der Waals surface area (Å²) in [5.74, 6) is -1.96. The lowest BCUT2D eigenvalue weighted by Gasteiger charge is -2.15. The summed E-state index contributed by atoms with van der Waals surface area (Å²) in [6, 6.07) is 3.05. The van der Waals surface area contributed by atoms with Gasteiger partial charge in [-0.25, -0.2) is 0 Å². The summed E-state index contributed by atoms with van der Waals surface area (Å²) in [6.07, 6.45) is 0.208. The number of phenols is 1. The summed E-state index contributed by atoms with van der Waals surface area (Å²) in [5.41, 5.74) is 0.824. The molecule has 1 unspecified atom stereocenters. The van der Waals surface area contributed by atoms with E-state index in [-0.39, 0.29) is 23.8 Å². The molecule has 1 rings (SSSR count). The zero-order valence-electron chi connectivity index (χ0n) is 10.0. The molecule has 6 heteroatoms. The van der Waals surface area contributed by atoms with E-state index in [4.69, 9.17) is 5.11 Å². The molecule has 0 fully saturated rings. The molecule has 0 aliphatic rings. The van der Waals surface area contributed by atoms with Crippen molar-refractivity contribution >= 4 is 33.5 Å². The Balaban J connectivity index is 3.18. The second kappa shape index (κ2) is 5.86. The van der Waals surface area contributed by atoms with Gasteiger partial charge in [0.2, 0.25) is 5.91 Å². The van der Waals surface area contributed by atoms with Crippen molar-refractivity contribution in [2.45, 2.75) is 20.3 Å². The van der Waals surface area contributed by atoms with E-state index >= 15 is 0 Å². The summed E-state index contributed by atoms with van der Waals surface area (Å²) in [5, 5.41) is 21.2. The number of carboxylic acid groups (broad SMARTS) is 1. The first kappa shape index (κ1) is 14.5. The number of halogens is 1. The maximum Gasteiger partial charge on any atom is 0.306 e. The third-order valence-electron chi connectivity index (χ3n) is 2.47. The number of benzene rings is 1. The number of aromatic hydroxyl groups is 1. The molecule has 18 heavy (non-hydrogen) atoms. The number of carbonyl (C=O) groups is 2. The van der Waals surface area contributed by atoms with Crippen LogP contribution < -0.4 is 5.32 Å². The van der Waals surface area contributed by atoms with Gasteiger partial charge in [0.15, 0.2) is 0 Å². The zero-order chi connectivity index (χ0) is 13.9. The smallest absolute Gasteiger partial charge is 0.306 e. The quantitative estimate of drug-likeness (QED) is 0.744. The van der Waals surface area contributed by atoms with Crippen LogP contribution in [0.1, 0.15) is 19.4 Å². The van der Waals surface area contributed by atoms with Crippen molar-refractivity contribution in [1.82, 2.24) is 0 Å². The molecule has 3 N–H and O–H groups in total. The van der Waals surface area contributed by atoms with Crippen molar-refractivity contribution in [2.75, 3.05) is 5.32 Å². The van der Waals surface area contributed by atoms with Gasteiger partial charge in [0, 0.05) is 11.4 Å². The van der Waals surface area contributed by atoms with Crippen molar-refractivity contribution in [3.8, 4) is 5.75 Å². The third kappa shape index (κ3) is 3.46. The molecule has 0 aliphatic carbocycles. The number of aliphatic carboxylic acids is 1. The van der Waals surface area contributed by atoms with Gasteiger partial charge in [0.1, 0.15) is 5.75 Å². The third-order valence-corrected chi connectivity index (χ3v) is 3.21. The van der Waals surface area contributed by atoms with Crippen molar-refractivity contribution in [2.24, 2.45) is 5.92 Å². The summed E-state index contributed by atoms with van der Waals surface area (Å²) in [4.78, 5) is 22.0. The van der Waals surface area contributed by atoms with Crippen LogP contribution in [-0.4, -0.2) is 22.1 Å². The van der Waals surface area contributed by atoms with Crippen molar-refractivity contribution < 1.29 is 19.8 Å². The van der Waals surface area contributed by atoms with Gasteiger partial charge in [-0.3, -0.25) is 9.59 Å². The predicted octanol–water partition coefficient (Wildman–Crippen LogP) is 2.38. The highest BCUT2D eigenvalue weighted by Crippen LogP contribution is 2.34. The van der Waals surface area contributed by atoms with E-state index in [1.54, 1.807) is 13.0 Å². The van der Waals surface area contributed by atoms with Crippen molar-refractivity contribution in [1.29, 1.82) is 0 Å². The molecule has 0 radical (unpaired) electrons. The van der Waals surface area contributed by atoms with Gasteiger partial charge < -0.3 is 15.5 Å². The summed E-state index contributed by atoms with van der Waals surface area (Å²) >= 11 is 3.29. The minimum Gasteiger partial charge on any atom is -0.506 e. The molecule has 98 valence electrons. The number of phenolic OH excluding ortho intramolecular Hbond substituents is 1. The van der Waals surface area contributed by atoms with Crippen LogP contribution >= 0.6 is 15.9 Å². The molecule has 0 heterocycles. The fraction of sp³-hybridized carbons (Fsp3) is 0.333. The average molecular weight is 316 g/mol. The highest BCUT2D eigenvalue weighted by atomic mass is 79.9. The zero-order valence-corrected chi connectivity index (χ0v) is 11.6. The molecule has 1 amide bonds. The topological polar surface area (TPSA) is 86.6 Å². The second-order valence-electron chi connectivity index (χ2n) is 4.04. The Morgan fingerprint density at radius 3 is 2.56 bits per heavy atom. The number of rotatable bonds is 4. The number of carboxylic acids is 1. The van der Waals surface area contributed by atoms with Gasteiger partial charge in [0.25, 0.3) is 0 Å². The number of hydrogen-bond acceptors (Lipinski definition) is 3. The Morgan fingerprint density at radius 1 is 1.44 bits per heavy atom. The maximum absolute atomic E-state index is 11.1. The van der Waals surface area contributed by atoms with Crippen LogP contribution in [0, 0.1) is 5.92 Å². The highest BCUT2D eigenvalue weighted by molar-refractivity contribution is 9.10. The monoisotopic (exact) mass is 315 g/mol. The normalized spacial score (nSPS) is 11.9. The van der Waals surface area contributed by atoms with Crippen molar-refractivity contribution in [3.05, 3.63) is 22.2 Å². The molecule has 1 atom stereocenters. The Bertz CT molecular complexity index is 487. The van der Waals surface area contributed by atoms with Crippen LogP contribution in [0.3, 0.4) is 0 Å². The van der Waals surface area contributed by atoms with Crippen LogP contribution in [-0.2, 0) is 16.0 Å². The Morgan fingerprint density at radius 2 is 2.06 bits per heavy atom. The molecule has 0 aromatic heterocycles. The van der Waals surface area contributed by atoms with Gasteiger partial charge in [0.05, 0.1) is 11.6 Å². The lowest BCUT2D eigenvalue weighted by molar-refractivity contribution is -0.141. The van der Waals surface area contributed by atoms with Gasteiger partial charge in [-0.05, 0) is 24.1 Å². The fourth-order valence-electron chi connectivity index (χ4n) is 1.52. The first-order valence-corrected chi connectivity index (χ1v) is 6.13. The van der Waals surface area contributed by atoms with Crippen LogP contribution in [0.5, 0.6) is 5.75 Å². The Hall–Kier alpha value is -1.56. The Kier molecular flexibility index (Phi) is 4.72. The SMILES string of the molecule is CC(=O)Nc1c(O)ccc(Br)c1CC(C)C(=O)O. The molecule has 0 aliphatic heterocycles. The fourth-order valence-corrected chi connectivity index (χ4v) is 2.01. The minimum absolute atomic E-state index is 0.0824. The van der Waals surface area contributed by atoms with Crippen LogP contribution in [0.2, 0.25) is 0 Å². The lowest BCUT2D eigenvalue weighted by Crippen LogP contribution is -2.15. The minimum atomic E-state index is -0.931. The summed E-state index contributed by atoms with van der Waals surface area (Å²) in [7, 11) is 0. The molecule has 0 spiro atoms. The molecule has 1 aromatic carbocycles. The van der Waals surface area contributed by atoms with E-state index in [1.807, 2.05) is 0 Å². The van der Waals surface area contributed by atoms with E-state index in [2.05, 4.69) is 21.2 Å². The van der Waals surface area contributed by atoms with Crippen molar-refractivity contribution in [3.63, 3.8) is 0 Å². The molecular weight excluding hydrogens is 302 g/mol. The molecule has 1 aromatic rings. The van der Waals surface area contributed by atoms with Crippen LogP contribution in [0.4, 0.5) is 5.69 Å². The van der Waals surface area contributed by atoms with E-state index in [1.165, 1.54) is 13.0 Å². The number of hydrogen-bond donors (Lipinski definition) is 3. The van der Waals surface area contributed by atoms with Gasteiger partial charge >= 0.3 is 5.97 Å². The number of anilines is 1. The second-order valence-corrected chi connectivity index (χ2v) is 4.90. The van der Waals surface area contributed by atoms with Gasteiger partial charge in [-0.15, -0.1) is 0 Å². The summed E-state index contributed by atoms with van der Waals surface area (Å²) in [6.45, 7) is 2.89. The standard InChI is InChI=1S/C12H14BrNO4/c1-6(12(17)18)5-8-9(13)3-4-10(16)11(8)14-7(2)15/h3-4,6,16H,5H2,1-2H3,(H,14,15)(H,17,18). The van der Waals surface area contributed by atoms with E-state index in [0.29, 0.717) is 10.0 Å². The largest absolute Gasteiger partial charge is 0.506 e. The van der Waals surface area contributed by atoms with Crippen LogP contribution in [0.25, 0.3) is 0 Å². The first-order valence-electron chi connectivity index (χ1n) is 5.33.